The second-order valence-corrected chi connectivity index (χ2v) is 3.42. The number of rotatable bonds is 4. The number of aromatic nitrogens is 2. The standard InChI is InChI=1S/C9H17N3O/c1-7-6-9(10)11-12(7)5-3-4-8(2)13/h6,8,13H,3-5H2,1-2H3,(H2,10,11). The first-order chi connectivity index (χ1) is 6.09. The van der Waals surface area contributed by atoms with Gasteiger partial charge in [-0.15, -0.1) is 0 Å². The summed E-state index contributed by atoms with van der Waals surface area (Å²) in [6.45, 7) is 4.60. The van der Waals surface area contributed by atoms with E-state index in [-0.39, 0.29) is 6.10 Å². The molecule has 13 heavy (non-hydrogen) atoms. The molecule has 3 N–H and O–H groups in total. The number of aryl methyl sites for hydroxylation is 2. The van der Waals surface area contributed by atoms with Crippen LogP contribution in [0.1, 0.15) is 25.5 Å². The molecule has 0 saturated carbocycles. The summed E-state index contributed by atoms with van der Waals surface area (Å²) in [7, 11) is 0. The van der Waals surface area contributed by atoms with Crippen LogP contribution in [0.2, 0.25) is 0 Å². The third kappa shape index (κ3) is 3.06. The minimum absolute atomic E-state index is 0.229. The van der Waals surface area contributed by atoms with Gasteiger partial charge in [0.15, 0.2) is 0 Å². The smallest absolute Gasteiger partial charge is 0.145 e. The Balaban J connectivity index is 2.40. The van der Waals surface area contributed by atoms with E-state index < -0.39 is 0 Å². The van der Waals surface area contributed by atoms with E-state index in [9.17, 15) is 0 Å². The predicted octanol–water partition coefficient (Wildman–Crippen LogP) is 0.935. The zero-order chi connectivity index (χ0) is 9.84. The second-order valence-electron chi connectivity index (χ2n) is 3.42. The molecule has 0 spiro atoms. The molecule has 0 aliphatic carbocycles. The van der Waals surface area contributed by atoms with Gasteiger partial charge in [0.1, 0.15) is 5.82 Å². The van der Waals surface area contributed by atoms with Crippen LogP contribution in [-0.2, 0) is 6.54 Å². The maximum Gasteiger partial charge on any atom is 0.145 e. The highest BCUT2D eigenvalue weighted by atomic mass is 16.3. The van der Waals surface area contributed by atoms with Gasteiger partial charge in [-0.2, -0.15) is 5.10 Å². The van der Waals surface area contributed by atoms with Crippen LogP contribution in [0.25, 0.3) is 0 Å². The number of nitrogens with zero attached hydrogens (tertiary/aromatic N) is 2. The molecule has 1 unspecified atom stereocenters. The minimum atomic E-state index is -0.229. The molecule has 0 aliphatic heterocycles. The van der Waals surface area contributed by atoms with Gasteiger partial charge >= 0.3 is 0 Å². The fourth-order valence-corrected chi connectivity index (χ4v) is 1.30. The van der Waals surface area contributed by atoms with E-state index in [1.54, 1.807) is 6.92 Å². The number of nitrogen functional groups attached to an aromatic ring is 1. The fourth-order valence-electron chi connectivity index (χ4n) is 1.30. The Bertz CT molecular complexity index is 268. The lowest BCUT2D eigenvalue weighted by Crippen LogP contribution is -2.06. The lowest BCUT2D eigenvalue weighted by Gasteiger charge is -2.05. The molecule has 74 valence electrons. The van der Waals surface area contributed by atoms with Crippen LogP contribution in [0.15, 0.2) is 6.07 Å². The number of aliphatic hydroxyl groups excluding tert-OH is 1. The van der Waals surface area contributed by atoms with Gasteiger partial charge in [0.2, 0.25) is 0 Å². The molecule has 1 atom stereocenters. The van der Waals surface area contributed by atoms with Crippen molar-refractivity contribution in [3.63, 3.8) is 0 Å². The Morgan fingerprint density at radius 2 is 2.38 bits per heavy atom. The monoisotopic (exact) mass is 183 g/mol. The molecule has 4 nitrogen and oxygen atoms in total. The average molecular weight is 183 g/mol. The van der Waals surface area contributed by atoms with Gasteiger partial charge in [-0.1, -0.05) is 0 Å². The third-order valence-corrected chi connectivity index (χ3v) is 1.99. The minimum Gasteiger partial charge on any atom is -0.393 e. The van der Waals surface area contributed by atoms with Crippen molar-refractivity contribution in [1.29, 1.82) is 0 Å². The van der Waals surface area contributed by atoms with Crippen LogP contribution in [0, 0.1) is 6.92 Å². The highest BCUT2D eigenvalue weighted by molar-refractivity contribution is 5.28. The van der Waals surface area contributed by atoms with E-state index in [0.717, 1.165) is 25.1 Å². The largest absolute Gasteiger partial charge is 0.393 e. The van der Waals surface area contributed by atoms with Crippen LogP contribution in [0.4, 0.5) is 5.82 Å². The molecule has 0 aromatic carbocycles. The summed E-state index contributed by atoms with van der Waals surface area (Å²) in [5, 5.41) is 13.2. The number of aliphatic hydroxyl groups is 1. The highest BCUT2D eigenvalue weighted by Crippen LogP contribution is 2.06. The van der Waals surface area contributed by atoms with Crippen molar-refractivity contribution < 1.29 is 5.11 Å². The Hall–Kier alpha value is -1.03. The van der Waals surface area contributed by atoms with Crippen molar-refractivity contribution >= 4 is 5.82 Å². The van der Waals surface area contributed by atoms with E-state index in [0.29, 0.717) is 5.82 Å². The third-order valence-electron chi connectivity index (χ3n) is 1.99. The first kappa shape index (κ1) is 10.1. The van der Waals surface area contributed by atoms with E-state index in [4.69, 9.17) is 10.8 Å². The maximum atomic E-state index is 9.05. The topological polar surface area (TPSA) is 64.1 Å². The molecule has 1 aromatic heterocycles. The predicted molar refractivity (Wildman–Crippen MR) is 52.3 cm³/mol. The summed E-state index contributed by atoms with van der Waals surface area (Å²) in [4.78, 5) is 0. The maximum absolute atomic E-state index is 9.05. The molecule has 0 aliphatic rings. The van der Waals surface area contributed by atoms with Crippen LogP contribution in [0.3, 0.4) is 0 Å². The second kappa shape index (κ2) is 4.28. The number of hydrogen-bond acceptors (Lipinski definition) is 3. The Morgan fingerprint density at radius 1 is 1.69 bits per heavy atom. The number of anilines is 1. The molecule has 1 rings (SSSR count). The van der Waals surface area contributed by atoms with Crippen molar-refractivity contribution in [2.75, 3.05) is 5.73 Å². The molecule has 0 bridgehead atoms. The average Bonchev–Trinajstić information content (AvgIpc) is 2.29. The summed E-state index contributed by atoms with van der Waals surface area (Å²) >= 11 is 0. The molecule has 0 radical (unpaired) electrons. The van der Waals surface area contributed by atoms with Gasteiger partial charge in [0.25, 0.3) is 0 Å². The SMILES string of the molecule is Cc1cc(N)nn1CCCC(C)O. The molecule has 4 heteroatoms. The first-order valence-electron chi connectivity index (χ1n) is 4.57. The van der Waals surface area contributed by atoms with E-state index in [2.05, 4.69) is 5.10 Å². The van der Waals surface area contributed by atoms with Crippen molar-refractivity contribution in [2.45, 2.75) is 39.3 Å². The van der Waals surface area contributed by atoms with Crippen LogP contribution >= 0.6 is 0 Å². The van der Waals surface area contributed by atoms with Crippen molar-refractivity contribution in [3.8, 4) is 0 Å². The molecule has 0 fully saturated rings. The quantitative estimate of drug-likeness (QED) is 0.730. The van der Waals surface area contributed by atoms with Gasteiger partial charge < -0.3 is 10.8 Å². The molecular weight excluding hydrogens is 166 g/mol. The fraction of sp³-hybridized carbons (Fsp3) is 0.667. The summed E-state index contributed by atoms with van der Waals surface area (Å²) in [5.74, 6) is 0.564. The number of nitrogens with two attached hydrogens (primary N) is 1. The van der Waals surface area contributed by atoms with Gasteiger partial charge in [-0.25, -0.2) is 0 Å². The first-order valence-corrected chi connectivity index (χ1v) is 4.57. The van der Waals surface area contributed by atoms with Gasteiger partial charge in [-0.05, 0) is 26.7 Å². The molecule has 0 amide bonds. The zero-order valence-electron chi connectivity index (χ0n) is 8.20. The van der Waals surface area contributed by atoms with Crippen LogP contribution < -0.4 is 5.73 Å². The van der Waals surface area contributed by atoms with E-state index in [1.165, 1.54) is 0 Å². The molecule has 0 saturated heterocycles. The van der Waals surface area contributed by atoms with Gasteiger partial charge in [0, 0.05) is 18.3 Å². The lowest BCUT2D eigenvalue weighted by molar-refractivity contribution is 0.179. The Morgan fingerprint density at radius 3 is 2.85 bits per heavy atom. The molecule has 1 heterocycles. The Kier molecular flexibility index (Phi) is 3.31. The molecule has 1 aromatic rings. The highest BCUT2D eigenvalue weighted by Gasteiger charge is 2.01. The normalized spacial score (nSPS) is 13.2. The number of hydrogen-bond donors (Lipinski definition) is 2. The zero-order valence-corrected chi connectivity index (χ0v) is 8.20. The lowest BCUT2D eigenvalue weighted by atomic mass is 10.2. The van der Waals surface area contributed by atoms with Crippen LogP contribution in [-0.4, -0.2) is 21.0 Å². The summed E-state index contributed by atoms with van der Waals surface area (Å²) in [6, 6.07) is 1.85. The summed E-state index contributed by atoms with van der Waals surface area (Å²) < 4.78 is 1.87. The Labute approximate surface area is 78.4 Å². The van der Waals surface area contributed by atoms with E-state index in [1.807, 2.05) is 17.7 Å². The van der Waals surface area contributed by atoms with Crippen LogP contribution in [0.5, 0.6) is 0 Å². The summed E-state index contributed by atoms with van der Waals surface area (Å²) in [5.41, 5.74) is 6.60. The van der Waals surface area contributed by atoms with Crippen molar-refractivity contribution in [3.05, 3.63) is 11.8 Å². The van der Waals surface area contributed by atoms with Crippen molar-refractivity contribution in [1.82, 2.24) is 9.78 Å². The summed E-state index contributed by atoms with van der Waals surface area (Å²) in [6.07, 6.45) is 1.51. The van der Waals surface area contributed by atoms with Gasteiger partial charge in [-0.3, -0.25) is 4.68 Å². The van der Waals surface area contributed by atoms with E-state index >= 15 is 0 Å². The molecular formula is C9H17N3O. The van der Waals surface area contributed by atoms with Crippen molar-refractivity contribution in [2.24, 2.45) is 0 Å². The van der Waals surface area contributed by atoms with Gasteiger partial charge in [0.05, 0.1) is 6.10 Å².